The standard InChI is InChI=1S/C28H33N3O2/c1-30(21-24-9-4-2-5-10-24)27(32)19-28(23-33-26-12-6-3-7-13-26)14-17-31(18-15-28)22-25-11-8-16-29-20-25/h2-13,16,20H,14-15,17-19,21-23H2,1H3. The summed E-state index contributed by atoms with van der Waals surface area (Å²) in [7, 11) is 1.90. The molecule has 1 aromatic heterocycles. The van der Waals surface area contributed by atoms with Crippen LogP contribution in [-0.2, 0) is 17.9 Å². The molecule has 0 bridgehead atoms. The lowest BCUT2D eigenvalue weighted by Crippen LogP contribution is -2.45. The molecule has 5 nitrogen and oxygen atoms in total. The number of aromatic nitrogens is 1. The van der Waals surface area contributed by atoms with Crippen molar-refractivity contribution in [1.29, 1.82) is 0 Å². The second-order valence-electron chi connectivity index (χ2n) is 9.15. The van der Waals surface area contributed by atoms with Gasteiger partial charge >= 0.3 is 0 Å². The lowest BCUT2D eigenvalue weighted by atomic mass is 9.75. The molecule has 0 unspecified atom stereocenters. The third kappa shape index (κ3) is 6.65. The van der Waals surface area contributed by atoms with Crippen molar-refractivity contribution in [3.05, 3.63) is 96.3 Å². The molecular formula is C28H33N3O2. The molecule has 1 fully saturated rings. The number of nitrogens with zero attached hydrogens (tertiary/aromatic N) is 3. The number of carbonyl (C=O) groups excluding carboxylic acids is 1. The first-order valence-corrected chi connectivity index (χ1v) is 11.7. The molecule has 5 heteroatoms. The number of para-hydroxylation sites is 1. The maximum absolute atomic E-state index is 13.3. The molecule has 33 heavy (non-hydrogen) atoms. The van der Waals surface area contributed by atoms with Gasteiger partial charge in [0, 0.05) is 44.4 Å². The van der Waals surface area contributed by atoms with E-state index in [2.05, 4.69) is 28.1 Å². The van der Waals surface area contributed by atoms with E-state index in [4.69, 9.17) is 4.74 Å². The number of amides is 1. The van der Waals surface area contributed by atoms with Gasteiger partial charge in [0.1, 0.15) is 5.75 Å². The Balaban J connectivity index is 1.41. The van der Waals surface area contributed by atoms with Crippen molar-refractivity contribution in [3.8, 4) is 5.75 Å². The summed E-state index contributed by atoms with van der Waals surface area (Å²) in [5.41, 5.74) is 2.21. The predicted octanol–water partition coefficient (Wildman–Crippen LogP) is 4.79. The van der Waals surface area contributed by atoms with Crippen molar-refractivity contribution in [1.82, 2.24) is 14.8 Å². The fourth-order valence-electron chi connectivity index (χ4n) is 4.46. The highest BCUT2D eigenvalue weighted by atomic mass is 16.5. The fraction of sp³-hybridized carbons (Fsp3) is 0.357. The molecule has 172 valence electrons. The average molecular weight is 444 g/mol. The van der Waals surface area contributed by atoms with Crippen LogP contribution in [0.1, 0.15) is 30.4 Å². The van der Waals surface area contributed by atoms with Crippen LogP contribution < -0.4 is 4.74 Å². The summed E-state index contributed by atoms with van der Waals surface area (Å²) in [6.07, 6.45) is 6.12. The van der Waals surface area contributed by atoms with Gasteiger partial charge in [-0.2, -0.15) is 0 Å². The SMILES string of the molecule is CN(Cc1ccccc1)C(=O)CC1(COc2ccccc2)CCN(Cc2cccnc2)CC1. The zero-order chi connectivity index (χ0) is 22.9. The largest absolute Gasteiger partial charge is 0.493 e. The maximum Gasteiger partial charge on any atom is 0.223 e. The van der Waals surface area contributed by atoms with Gasteiger partial charge in [0.05, 0.1) is 6.61 Å². The quantitative estimate of drug-likeness (QED) is 0.477. The van der Waals surface area contributed by atoms with Gasteiger partial charge in [-0.3, -0.25) is 14.7 Å². The van der Waals surface area contributed by atoms with Crippen molar-refractivity contribution < 1.29 is 9.53 Å². The van der Waals surface area contributed by atoms with Gasteiger partial charge in [0.15, 0.2) is 0 Å². The van der Waals surface area contributed by atoms with Gasteiger partial charge < -0.3 is 9.64 Å². The molecule has 0 aliphatic carbocycles. The van der Waals surface area contributed by atoms with E-state index in [0.29, 0.717) is 19.6 Å². The first-order valence-electron chi connectivity index (χ1n) is 11.7. The molecule has 0 atom stereocenters. The number of ether oxygens (including phenoxy) is 1. The van der Waals surface area contributed by atoms with Gasteiger partial charge in [0.2, 0.25) is 5.91 Å². The Hall–Kier alpha value is -3.18. The van der Waals surface area contributed by atoms with Crippen molar-refractivity contribution in [3.63, 3.8) is 0 Å². The van der Waals surface area contributed by atoms with Crippen molar-refractivity contribution in [2.75, 3.05) is 26.7 Å². The Morgan fingerprint density at radius 1 is 0.970 bits per heavy atom. The van der Waals surface area contributed by atoms with Crippen molar-refractivity contribution in [2.45, 2.75) is 32.4 Å². The Morgan fingerprint density at radius 2 is 1.64 bits per heavy atom. The first kappa shape index (κ1) is 23.0. The zero-order valence-electron chi connectivity index (χ0n) is 19.4. The van der Waals surface area contributed by atoms with Crippen LogP contribution in [0.2, 0.25) is 0 Å². The number of pyridine rings is 1. The molecule has 0 N–H and O–H groups in total. The van der Waals surface area contributed by atoms with Crippen molar-refractivity contribution >= 4 is 5.91 Å². The molecule has 4 rings (SSSR count). The minimum atomic E-state index is -0.163. The van der Waals surface area contributed by atoms with Crippen LogP contribution in [-0.4, -0.2) is 47.4 Å². The highest BCUT2D eigenvalue weighted by Crippen LogP contribution is 2.37. The molecule has 0 spiro atoms. The summed E-state index contributed by atoms with van der Waals surface area (Å²) < 4.78 is 6.20. The normalized spacial score (nSPS) is 15.7. The molecule has 1 amide bonds. The summed E-state index contributed by atoms with van der Waals surface area (Å²) in [4.78, 5) is 21.8. The van der Waals surface area contributed by atoms with Crippen molar-refractivity contribution in [2.24, 2.45) is 5.41 Å². The molecule has 1 saturated heterocycles. The number of rotatable bonds is 9. The van der Waals surface area contributed by atoms with Gasteiger partial charge in [-0.1, -0.05) is 54.6 Å². The highest BCUT2D eigenvalue weighted by Gasteiger charge is 2.38. The number of benzene rings is 2. The Kier molecular flexibility index (Phi) is 7.74. The maximum atomic E-state index is 13.3. The zero-order valence-corrected chi connectivity index (χ0v) is 19.4. The van der Waals surface area contributed by atoms with E-state index in [-0.39, 0.29) is 11.3 Å². The summed E-state index contributed by atoms with van der Waals surface area (Å²) in [5, 5.41) is 0. The van der Waals surface area contributed by atoms with Gasteiger partial charge in [0.25, 0.3) is 0 Å². The Morgan fingerprint density at radius 3 is 2.30 bits per heavy atom. The average Bonchev–Trinajstić information content (AvgIpc) is 2.86. The van der Waals surface area contributed by atoms with Crippen LogP contribution in [0.4, 0.5) is 0 Å². The van der Waals surface area contributed by atoms with Crippen LogP contribution in [0.3, 0.4) is 0 Å². The van der Waals surface area contributed by atoms with E-state index in [1.165, 1.54) is 5.56 Å². The Labute approximate surface area is 197 Å². The third-order valence-electron chi connectivity index (χ3n) is 6.55. The second kappa shape index (κ2) is 11.1. The number of hydrogen-bond acceptors (Lipinski definition) is 4. The number of likely N-dealkylation sites (tertiary alicyclic amines) is 1. The van der Waals surface area contributed by atoms with E-state index in [1.54, 1.807) is 0 Å². The van der Waals surface area contributed by atoms with E-state index >= 15 is 0 Å². The molecule has 0 radical (unpaired) electrons. The third-order valence-corrected chi connectivity index (χ3v) is 6.55. The lowest BCUT2D eigenvalue weighted by molar-refractivity contribution is -0.134. The summed E-state index contributed by atoms with van der Waals surface area (Å²) in [6.45, 7) is 3.97. The number of piperidine rings is 1. The van der Waals surface area contributed by atoms with Gasteiger partial charge in [-0.15, -0.1) is 0 Å². The molecule has 3 aromatic rings. The highest BCUT2D eigenvalue weighted by molar-refractivity contribution is 5.76. The number of carbonyl (C=O) groups is 1. The monoisotopic (exact) mass is 443 g/mol. The summed E-state index contributed by atoms with van der Waals surface area (Å²) in [6, 6.07) is 24.2. The second-order valence-corrected chi connectivity index (χ2v) is 9.15. The minimum Gasteiger partial charge on any atom is -0.493 e. The summed E-state index contributed by atoms with van der Waals surface area (Å²) in [5.74, 6) is 1.04. The number of hydrogen-bond donors (Lipinski definition) is 0. The summed E-state index contributed by atoms with van der Waals surface area (Å²) >= 11 is 0. The van der Waals surface area contributed by atoms with Crippen LogP contribution in [0.5, 0.6) is 5.75 Å². The molecule has 1 aliphatic rings. The molecule has 2 heterocycles. The van der Waals surface area contributed by atoms with Gasteiger partial charge in [-0.05, 0) is 55.3 Å². The van der Waals surface area contributed by atoms with Crippen LogP contribution in [0.15, 0.2) is 85.2 Å². The topological polar surface area (TPSA) is 45.7 Å². The smallest absolute Gasteiger partial charge is 0.223 e. The van der Waals surface area contributed by atoms with Crippen LogP contribution in [0.25, 0.3) is 0 Å². The molecule has 0 saturated carbocycles. The van der Waals surface area contributed by atoms with E-state index < -0.39 is 0 Å². The minimum absolute atomic E-state index is 0.163. The first-order chi connectivity index (χ1) is 16.1. The molecule has 2 aromatic carbocycles. The van der Waals surface area contributed by atoms with E-state index in [9.17, 15) is 4.79 Å². The van der Waals surface area contributed by atoms with Crippen LogP contribution in [0, 0.1) is 5.41 Å². The Bertz CT molecular complexity index is 987. The van der Waals surface area contributed by atoms with Crippen LogP contribution >= 0.6 is 0 Å². The molecule has 1 aliphatic heterocycles. The van der Waals surface area contributed by atoms with E-state index in [0.717, 1.165) is 43.8 Å². The predicted molar refractivity (Wildman–Crippen MR) is 131 cm³/mol. The lowest BCUT2D eigenvalue weighted by Gasteiger charge is -2.42. The van der Waals surface area contributed by atoms with Gasteiger partial charge in [-0.25, -0.2) is 0 Å². The van der Waals surface area contributed by atoms with E-state index in [1.807, 2.05) is 78.9 Å². The fourth-order valence-corrected chi connectivity index (χ4v) is 4.46. The molecular weight excluding hydrogens is 410 g/mol.